The summed E-state index contributed by atoms with van der Waals surface area (Å²) in [7, 11) is 0. The molecule has 1 aromatic heterocycles. The Balaban J connectivity index is 1.78. The van der Waals surface area contributed by atoms with Gasteiger partial charge in [0.05, 0.1) is 12.2 Å². The predicted octanol–water partition coefficient (Wildman–Crippen LogP) is 4.07. The lowest BCUT2D eigenvalue weighted by atomic mass is 9.95. The highest BCUT2D eigenvalue weighted by molar-refractivity contribution is 7.80. The Kier molecular flexibility index (Phi) is 6.18. The molecule has 1 amide bonds. The maximum atomic E-state index is 13.3. The van der Waals surface area contributed by atoms with Crippen LogP contribution in [0, 0.1) is 5.82 Å². The topological polar surface area (TPSA) is 67.4 Å². The number of carbonyl (C=O) groups is 2. The number of thiophene rings is 1. The summed E-state index contributed by atoms with van der Waals surface area (Å²) < 4.78 is 18.5. The zero-order valence-electron chi connectivity index (χ0n) is 14.8. The summed E-state index contributed by atoms with van der Waals surface area (Å²) in [5.74, 6) is -1.42. The number of rotatable bonds is 4. The van der Waals surface area contributed by atoms with E-state index >= 15 is 0 Å². The first-order valence-corrected chi connectivity index (χ1v) is 9.91. The minimum absolute atomic E-state index is 0.0495. The summed E-state index contributed by atoms with van der Waals surface area (Å²) in [6.45, 7) is 2.04. The molecule has 0 aliphatic heterocycles. The molecule has 0 unspecified atom stereocenters. The SMILES string of the molecule is CCOC(=O)c1c(NC(=S)NC(=O)c2cccc(F)c2)sc2c1CCCC2. The van der Waals surface area contributed by atoms with Crippen molar-refractivity contribution in [1.82, 2.24) is 5.32 Å². The fraction of sp³-hybridized carbons (Fsp3) is 0.316. The van der Waals surface area contributed by atoms with Crippen LogP contribution in [-0.4, -0.2) is 23.6 Å². The summed E-state index contributed by atoms with van der Waals surface area (Å²) in [5.41, 5.74) is 1.67. The van der Waals surface area contributed by atoms with Crippen LogP contribution in [0.4, 0.5) is 9.39 Å². The maximum absolute atomic E-state index is 13.3. The van der Waals surface area contributed by atoms with E-state index in [0.717, 1.165) is 42.2 Å². The third kappa shape index (κ3) is 4.51. The van der Waals surface area contributed by atoms with Crippen molar-refractivity contribution in [1.29, 1.82) is 0 Å². The first-order chi connectivity index (χ1) is 13.0. The Morgan fingerprint density at radius 1 is 1.30 bits per heavy atom. The number of ether oxygens (including phenoxy) is 1. The molecule has 2 N–H and O–H groups in total. The van der Waals surface area contributed by atoms with E-state index in [0.29, 0.717) is 10.6 Å². The zero-order chi connectivity index (χ0) is 19.4. The molecule has 3 rings (SSSR count). The van der Waals surface area contributed by atoms with Gasteiger partial charge in [-0.05, 0) is 68.6 Å². The molecule has 1 aromatic carbocycles. The van der Waals surface area contributed by atoms with Crippen LogP contribution in [0.2, 0.25) is 0 Å². The molecule has 142 valence electrons. The number of hydrogen-bond acceptors (Lipinski definition) is 5. The predicted molar refractivity (Wildman–Crippen MR) is 107 cm³/mol. The van der Waals surface area contributed by atoms with Gasteiger partial charge < -0.3 is 10.1 Å². The van der Waals surface area contributed by atoms with Gasteiger partial charge in [0.25, 0.3) is 5.91 Å². The van der Waals surface area contributed by atoms with Gasteiger partial charge in [-0.3, -0.25) is 10.1 Å². The van der Waals surface area contributed by atoms with Crippen molar-refractivity contribution in [3.63, 3.8) is 0 Å². The van der Waals surface area contributed by atoms with E-state index in [1.807, 2.05) is 0 Å². The Morgan fingerprint density at radius 2 is 2.07 bits per heavy atom. The van der Waals surface area contributed by atoms with Crippen LogP contribution in [0.25, 0.3) is 0 Å². The monoisotopic (exact) mass is 406 g/mol. The molecular weight excluding hydrogens is 387 g/mol. The first kappa shape index (κ1) is 19.4. The van der Waals surface area contributed by atoms with Crippen molar-refractivity contribution < 1.29 is 18.7 Å². The second kappa shape index (κ2) is 8.58. The fourth-order valence-electron chi connectivity index (χ4n) is 3.01. The number of fused-ring (bicyclic) bond motifs is 1. The number of hydrogen-bond donors (Lipinski definition) is 2. The summed E-state index contributed by atoms with van der Waals surface area (Å²) in [6.07, 6.45) is 3.84. The van der Waals surface area contributed by atoms with Gasteiger partial charge in [0.15, 0.2) is 5.11 Å². The van der Waals surface area contributed by atoms with Crippen molar-refractivity contribution in [2.24, 2.45) is 0 Å². The Bertz CT molecular complexity index is 895. The normalized spacial score (nSPS) is 12.8. The quantitative estimate of drug-likeness (QED) is 0.592. The van der Waals surface area contributed by atoms with E-state index < -0.39 is 17.7 Å². The largest absolute Gasteiger partial charge is 0.462 e. The van der Waals surface area contributed by atoms with Gasteiger partial charge in [-0.1, -0.05) is 6.07 Å². The fourth-order valence-corrected chi connectivity index (χ4v) is 4.55. The van der Waals surface area contributed by atoms with Gasteiger partial charge in [0, 0.05) is 10.4 Å². The number of carbonyl (C=O) groups excluding carboxylic acids is 2. The zero-order valence-corrected chi connectivity index (χ0v) is 16.4. The standard InChI is InChI=1S/C19H19FN2O3S2/c1-2-25-18(24)15-13-8-3-4-9-14(13)27-17(15)22-19(26)21-16(23)11-6-5-7-12(20)10-11/h5-7,10H,2-4,8-9H2,1H3,(H2,21,22,23,26). The Morgan fingerprint density at radius 3 is 2.81 bits per heavy atom. The van der Waals surface area contributed by atoms with Gasteiger partial charge in [-0.2, -0.15) is 0 Å². The number of esters is 1. The van der Waals surface area contributed by atoms with Crippen LogP contribution in [0.1, 0.15) is 50.9 Å². The highest BCUT2D eigenvalue weighted by Gasteiger charge is 2.27. The molecule has 0 spiro atoms. The van der Waals surface area contributed by atoms with Crippen molar-refractivity contribution >= 4 is 45.5 Å². The molecular formula is C19H19FN2O3S2. The molecule has 0 saturated carbocycles. The molecule has 8 heteroatoms. The highest BCUT2D eigenvalue weighted by atomic mass is 32.1. The van der Waals surface area contributed by atoms with E-state index in [2.05, 4.69) is 10.6 Å². The van der Waals surface area contributed by atoms with Gasteiger partial charge >= 0.3 is 5.97 Å². The van der Waals surface area contributed by atoms with E-state index in [1.54, 1.807) is 6.92 Å². The van der Waals surface area contributed by atoms with Crippen molar-refractivity contribution in [3.05, 3.63) is 51.7 Å². The molecule has 0 fully saturated rings. The third-order valence-corrected chi connectivity index (χ3v) is 5.60. The Labute approximate surface area is 165 Å². The van der Waals surface area contributed by atoms with E-state index in [1.165, 1.54) is 29.5 Å². The highest BCUT2D eigenvalue weighted by Crippen LogP contribution is 2.38. The molecule has 0 bridgehead atoms. The van der Waals surface area contributed by atoms with Crippen molar-refractivity contribution in [2.45, 2.75) is 32.6 Å². The van der Waals surface area contributed by atoms with Gasteiger partial charge in [-0.15, -0.1) is 11.3 Å². The van der Waals surface area contributed by atoms with Gasteiger partial charge in [0.1, 0.15) is 10.8 Å². The number of nitrogens with one attached hydrogen (secondary N) is 2. The van der Waals surface area contributed by atoms with Crippen LogP contribution in [0.5, 0.6) is 0 Å². The van der Waals surface area contributed by atoms with E-state index in [-0.39, 0.29) is 17.3 Å². The number of amides is 1. The van der Waals surface area contributed by atoms with E-state index in [4.69, 9.17) is 17.0 Å². The molecule has 1 aliphatic carbocycles. The minimum atomic E-state index is -0.522. The van der Waals surface area contributed by atoms with Crippen LogP contribution < -0.4 is 10.6 Å². The second-order valence-electron chi connectivity index (χ2n) is 6.05. The molecule has 1 aliphatic rings. The van der Waals surface area contributed by atoms with Crippen LogP contribution >= 0.6 is 23.6 Å². The lowest BCUT2D eigenvalue weighted by molar-refractivity contribution is 0.0526. The van der Waals surface area contributed by atoms with E-state index in [9.17, 15) is 14.0 Å². The molecule has 1 heterocycles. The molecule has 5 nitrogen and oxygen atoms in total. The third-order valence-electron chi connectivity index (χ3n) is 4.19. The van der Waals surface area contributed by atoms with Crippen molar-refractivity contribution in [3.8, 4) is 0 Å². The number of thiocarbonyl (C=S) groups is 1. The number of aryl methyl sites for hydroxylation is 1. The lowest BCUT2D eigenvalue weighted by Gasteiger charge is -2.13. The number of benzene rings is 1. The summed E-state index contributed by atoms with van der Waals surface area (Å²) in [6, 6.07) is 5.34. The molecule has 0 atom stereocenters. The smallest absolute Gasteiger partial charge is 0.341 e. The number of anilines is 1. The molecule has 0 saturated heterocycles. The van der Waals surface area contributed by atoms with Crippen molar-refractivity contribution in [2.75, 3.05) is 11.9 Å². The summed E-state index contributed by atoms with van der Waals surface area (Å²) in [4.78, 5) is 25.8. The average molecular weight is 407 g/mol. The van der Waals surface area contributed by atoms with Crippen LogP contribution in [-0.2, 0) is 17.6 Å². The second-order valence-corrected chi connectivity index (χ2v) is 7.57. The minimum Gasteiger partial charge on any atom is -0.462 e. The van der Waals surface area contributed by atoms with Gasteiger partial charge in [0.2, 0.25) is 0 Å². The Hall–Kier alpha value is -2.32. The molecule has 2 aromatic rings. The van der Waals surface area contributed by atoms with Gasteiger partial charge in [-0.25, -0.2) is 9.18 Å². The molecule has 0 radical (unpaired) electrons. The average Bonchev–Trinajstić information content (AvgIpc) is 2.99. The molecule has 27 heavy (non-hydrogen) atoms. The summed E-state index contributed by atoms with van der Waals surface area (Å²) in [5, 5.41) is 6.09. The summed E-state index contributed by atoms with van der Waals surface area (Å²) >= 11 is 6.67. The maximum Gasteiger partial charge on any atom is 0.341 e. The lowest BCUT2D eigenvalue weighted by Crippen LogP contribution is -2.34. The number of halogens is 1. The first-order valence-electron chi connectivity index (χ1n) is 8.69. The van der Waals surface area contributed by atoms with Crippen LogP contribution in [0.3, 0.4) is 0 Å². The van der Waals surface area contributed by atoms with Crippen LogP contribution in [0.15, 0.2) is 24.3 Å².